The third-order valence-corrected chi connectivity index (χ3v) is 3.46. The molecule has 2 heteroatoms. The Morgan fingerprint density at radius 3 is 2.25 bits per heavy atom. The molecule has 2 bridgehead atoms. The molecule has 3 atom stereocenters. The van der Waals surface area contributed by atoms with Gasteiger partial charge in [-0.05, 0) is 39.5 Å². The second-order valence-electron chi connectivity index (χ2n) is 5.37. The Kier molecular flexibility index (Phi) is 1.74. The molecule has 2 aliphatic rings. The third-order valence-electron chi connectivity index (χ3n) is 3.46. The van der Waals surface area contributed by atoms with E-state index >= 15 is 0 Å². The Morgan fingerprint density at radius 2 is 1.92 bits per heavy atom. The fraction of sp³-hybridized carbons (Fsp3) is 1.00. The summed E-state index contributed by atoms with van der Waals surface area (Å²) in [6, 6.07) is 1.28. The lowest BCUT2D eigenvalue weighted by Gasteiger charge is -2.40. The van der Waals surface area contributed by atoms with Crippen LogP contribution in [0.2, 0.25) is 0 Å². The summed E-state index contributed by atoms with van der Waals surface area (Å²) in [7, 11) is 0. The number of hydrogen-bond acceptors (Lipinski definition) is 2. The summed E-state index contributed by atoms with van der Waals surface area (Å²) < 4.78 is 0. The molecule has 0 spiro atoms. The van der Waals surface area contributed by atoms with Crippen LogP contribution in [0.1, 0.15) is 33.6 Å². The van der Waals surface area contributed by atoms with Gasteiger partial charge in [0.05, 0.1) is 0 Å². The molecule has 1 aliphatic carbocycles. The van der Waals surface area contributed by atoms with Crippen LogP contribution in [0.3, 0.4) is 0 Å². The van der Waals surface area contributed by atoms with Gasteiger partial charge >= 0.3 is 0 Å². The third kappa shape index (κ3) is 1.17. The molecule has 0 radical (unpaired) electrons. The zero-order chi connectivity index (χ0) is 8.93. The fourth-order valence-electron chi connectivity index (χ4n) is 2.81. The number of nitrogens with two attached hydrogens (primary N) is 1. The molecular formula is C10H20N2. The first-order chi connectivity index (χ1) is 5.48. The molecule has 1 saturated carbocycles. The van der Waals surface area contributed by atoms with Crippen LogP contribution in [0, 0.1) is 5.92 Å². The fourth-order valence-corrected chi connectivity index (χ4v) is 2.81. The Hall–Kier alpha value is -0.0800. The van der Waals surface area contributed by atoms with Crippen LogP contribution in [0.4, 0.5) is 0 Å². The Bertz CT molecular complexity index is 181. The van der Waals surface area contributed by atoms with Crippen LogP contribution in [-0.2, 0) is 0 Å². The second-order valence-corrected chi connectivity index (χ2v) is 5.37. The summed E-state index contributed by atoms with van der Waals surface area (Å²) in [5.41, 5.74) is 6.35. The number of rotatable bonds is 0. The smallest absolute Gasteiger partial charge is 0.0128 e. The largest absolute Gasteiger partial charge is 0.327 e. The predicted molar refractivity (Wildman–Crippen MR) is 50.9 cm³/mol. The van der Waals surface area contributed by atoms with Crippen LogP contribution in [-0.4, -0.2) is 29.1 Å². The molecule has 1 heterocycles. The maximum absolute atomic E-state index is 6.00. The van der Waals surface area contributed by atoms with Gasteiger partial charge in [-0.1, -0.05) is 0 Å². The van der Waals surface area contributed by atoms with Crippen LogP contribution in [0.15, 0.2) is 0 Å². The summed E-state index contributed by atoms with van der Waals surface area (Å²) in [4.78, 5) is 2.63. The molecule has 2 N–H and O–H groups in total. The molecule has 70 valence electrons. The van der Waals surface area contributed by atoms with Crippen molar-refractivity contribution < 1.29 is 0 Å². The standard InChI is InChI=1S/C10H20N2/c1-10(2,3)12-6-7-4-8(12)5-9(7)11/h7-9H,4-6,11H2,1-3H3/t7?,8-,9-/m0/s1. The summed E-state index contributed by atoms with van der Waals surface area (Å²) >= 11 is 0. The van der Waals surface area contributed by atoms with Crippen molar-refractivity contribution in [2.75, 3.05) is 6.54 Å². The van der Waals surface area contributed by atoms with Gasteiger partial charge < -0.3 is 5.73 Å². The van der Waals surface area contributed by atoms with Crippen molar-refractivity contribution >= 4 is 0 Å². The average molecular weight is 168 g/mol. The highest BCUT2D eigenvalue weighted by atomic mass is 15.3. The van der Waals surface area contributed by atoms with Gasteiger partial charge in [0, 0.05) is 24.2 Å². The monoisotopic (exact) mass is 168 g/mol. The van der Waals surface area contributed by atoms with E-state index in [1.165, 1.54) is 19.4 Å². The number of fused-ring (bicyclic) bond motifs is 2. The van der Waals surface area contributed by atoms with Crippen molar-refractivity contribution in [3.63, 3.8) is 0 Å². The van der Waals surface area contributed by atoms with Gasteiger partial charge in [0.25, 0.3) is 0 Å². The van der Waals surface area contributed by atoms with Gasteiger partial charge in [0.1, 0.15) is 0 Å². The Labute approximate surface area is 75.1 Å². The van der Waals surface area contributed by atoms with E-state index in [0.717, 1.165) is 12.0 Å². The average Bonchev–Trinajstić information content (AvgIpc) is 2.41. The summed E-state index contributed by atoms with van der Waals surface area (Å²) in [6.45, 7) is 8.15. The lowest BCUT2D eigenvalue weighted by atomic mass is 9.98. The van der Waals surface area contributed by atoms with E-state index in [4.69, 9.17) is 5.73 Å². The molecule has 2 fully saturated rings. The van der Waals surface area contributed by atoms with E-state index in [9.17, 15) is 0 Å². The number of nitrogens with zero attached hydrogens (tertiary/aromatic N) is 1. The quantitative estimate of drug-likeness (QED) is 0.589. The van der Waals surface area contributed by atoms with Crippen molar-refractivity contribution in [2.24, 2.45) is 11.7 Å². The summed E-state index contributed by atoms with van der Waals surface area (Å²) in [6.07, 6.45) is 2.57. The zero-order valence-electron chi connectivity index (χ0n) is 8.38. The second kappa shape index (κ2) is 2.46. The zero-order valence-corrected chi connectivity index (χ0v) is 8.38. The van der Waals surface area contributed by atoms with E-state index in [1.807, 2.05) is 0 Å². The van der Waals surface area contributed by atoms with E-state index in [0.29, 0.717) is 11.6 Å². The number of hydrogen-bond donors (Lipinski definition) is 1. The Balaban J connectivity index is 2.08. The highest BCUT2D eigenvalue weighted by molar-refractivity contribution is 5.02. The molecule has 12 heavy (non-hydrogen) atoms. The molecule has 1 aliphatic heterocycles. The van der Waals surface area contributed by atoms with Crippen LogP contribution >= 0.6 is 0 Å². The molecule has 0 amide bonds. The van der Waals surface area contributed by atoms with Crippen molar-refractivity contribution in [3.8, 4) is 0 Å². The van der Waals surface area contributed by atoms with Gasteiger partial charge in [0.15, 0.2) is 0 Å². The van der Waals surface area contributed by atoms with Gasteiger partial charge in [0.2, 0.25) is 0 Å². The van der Waals surface area contributed by atoms with E-state index in [2.05, 4.69) is 25.7 Å². The normalized spacial score (nSPS) is 42.5. The first-order valence-corrected chi connectivity index (χ1v) is 5.01. The van der Waals surface area contributed by atoms with Crippen molar-refractivity contribution in [2.45, 2.75) is 51.2 Å². The molecule has 1 unspecified atom stereocenters. The predicted octanol–water partition coefficient (Wildman–Crippen LogP) is 1.21. The lowest BCUT2D eigenvalue weighted by molar-refractivity contribution is 0.0912. The minimum Gasteiger partial charge on any atom is -0.327 e. The van der Waals surface area contributed by atoms with Gasteiger partial charge in [-0.25, -0.2) is 0 Å². The minimum atomic E-state index is 0.347. The maximum Gasteiger partial charge on any atom is 0.0128 e. The SMILES string of the molecule is CC(C)(C)N1CC2C[C@H]1C[C@@H]2N. The van der Waals surface area contributed by atoms with Crippen LogP contribution < -0.4 is 5.73 Å². The van der Waals surface area contributed by atoms with Gasteiger partial charge in [-0.3, -0.25) is 4.90 Å². The number of piperidine rings is 1. The lowest BCUT2D eigenvalue weighted by Crippen LogP contribution is -2.50. The van der Waals surface area contributed by atoms with E-state index in [1.54, 1.807) is 0 Å². The highest BCUT2D eigenvalue weighted by Crippen LogP contribution is 2.40. The van der Waals surface area contributed by atoms with Crippen LogP contribution in [0.25, 0.3) is 0 Å². The van der Waals surface area contributed by atoms with Gasteiger partial charge in [-0.15, -0.1) is 0 Å². The number of likely N-dealkylation sites (tertiary alicyclic amines) is 1. The van der Waals surface area contributed by atoms with Gasteiger partial charge in [-0.2, -0.15) is 0 Å². The molecule has 2 nitrogen and oxygen atoms in total. The molecule has 1 saturated heterocycles. The molecular weight excluding hydrogens is 148 g/mol. The minimum absolute atomic E-state index is 0.347. The van der Waals surface area contributed by atoms with E-state index < -0.39 is 0 Å². The maximum atomic E-state index is 6.00. The molecule has 2 rings (SSSR count). The molecule has 0 aromatic rings. The van der Waals surface area contributed by atoms with Crippen molar-refractivity contribution in [1.82, 2.24) is 4.90 Å². The molecule has 0 aromatic heterocycles. The van der Waals surface area contributed by atoms with Crippen molar-refractivity contribution in [3.05, 3.63) is 0 Å². The highest BCUT2D eigenvalue weighted by Gasteiger charge is 2.46. The first-order valence-electron chi connectivity index (χ1n) is 5.01. The Morgan fingerprint density at radius 1 is 1.25 bits per heavy atom. The topological polar surface area (TPSA) is 29.3 Å². The first kappa shape index (κ1) is 8.52. The summed E-state index contributed by atoms with van der Waals surface area (Å²) in [5.74, 6) is 0.786. The van der Waals surface area contributed by atoms with E-state index in [-0.39, 0.29) is 0 Å². The van der Waals surface area contributed by atoms with Crippen molar-refractivity contribution in [1.29, 1.82) is 0 Å². The summed E-state index contributed by atoms with van der Waals surface area (Å²) in [5, 5.41) is 0. The molecule has 0 aromatic carbocycles. The van der Waals surface area contributed by atoms with Crippen LogP contribution in [0.5, 0.6) is 0 Å².